The topological polar surface area (TPSA) is 74.7 Å². The van der Waals surface area contributed by atoms with Gasteiger partial charge in [0.1, 0.15) is 0 Å². The second kappa shape index (κ2) is 4.99. The zero-order valence-electron chi connectivity index (χ0n) is 9.94. The Labute approximate surface area is 110 Å². The largest absolute Gasteiger partial charge is 0.480 e. The molecule has 1 fully saturated rings. The molecule has 1 heterocycles. The molecule has 1 unspecified atom stereocenters. The summed E-state index contributed by atoms with van der Waals surface area (Å²) in [6.07, 6.45) is 1.63. The van der Waals surface area contributed by atoms with Crippen molar-refractivity contribution in [2.24, 2.45) is 0 Å². The Kier molecular flexibility index (Phi) is 3.74. The van der Waals surface area contributed by atoms with Gasteiger partial charge in [-0.05, 0) is 31.2 Å². The highest BCUT2D eigenvalue weighted by Gasteiger charge is 2.42. The number of sulfonamides is 1. The molecular weight excluding hydrogens is 274 g/mol. The minimum Gasteiger partial charge on any atom is -0.480 e. The van der Waals surface area contributed by atoms with Gasteiger partial charge in [0.05, 0.1) is 0 Å². The van der Waals surface area contributed by atoms with Crippen LogP contribution in [-0.4, -0.2) is 35.1 Å². The molecule has 100 valence electrons. The third-order valence-electron chi connectivity index (χ3n) is 2.97. The molecule has 0 aliphatic heterocycles. The van der Waals surface area contributed by atoms with E-state index in [1.807, 2.05) is 17.5 Å². The Morgan fingerprint density at radius 2 is 2.28 bits per heavy atom. The number of carboxylic acids is 1. The van der Waals surface area contributed by atoms with E-state index in [9.17, 15) is 13.2 Å². The fourth-order valence-corrected chi connectivity index (χ4v) is 4.07. The molecule has 0 spiro atoms. The van der Waals surface area contributed by atoms with Gasteiger partial charge in [-0.2, -0.15) is 4.31 Å². The van der Waals surface area contributed by atoms with E-state index in [1.54, 1.807) is 0 Å². The van der Waals surface area contributed by atoms with E-state index >= 15 is 0 Å². The number of hydrogen-bond acceptors (Lipinski definition) is 4. The fourth-order valence-electron chi connectivity index (χ4n) is 1.68. The maximum atomic E-state index is 12.2. The quantitative estimate of drug-likeness (QED) is 0.861. The standard InChI is InChI=1S/C11H15NO4S2/c1-8(11(13)14)18(15,16)12(9-4-5-9)7-10-3-2-6-17-10/h2-3,6,8-9H,4-5,7H2,1H3,(H,13,14). The molecular formula is C11H15NO4S2. The van der Waals surface area contributed by atoms with Crippen molar-refractivity contribution in [3.8, 4) is 0 Å². The van der Waals surface area contributed by atoms with E-state index in [-0.39, 0.29) is 12.6 Å². The first-order valence-corrected chi connectivity index (χ1v) is 8.07. The SMILES string of the molecule is CC(C(=O)O)S(=O)(=O)N(Cc1cccs1)C1CC1. The van der Waals surface area contributed by atoms with Crippen LogP contribution in [0.15, 0.2) is 17.5 Å². The van der Waals surface area contributed by atoms with Crippen molar-refractivity contribution in [2.45, 2.75) is 37.6 Å². The molecule has 1 atom stereocenters. The van der Waals surface area contributed by atoms with Gasteiger partial charge in [0.2, 0.25) is 10.0 Å². The summed E-state index contributed by atoms with van der Waals surface area (Å²) in [6, 6.07) is 3.69. The molecule has 0 aromatic carbocycles. The molecule has 18 heavy (non-hydrogen) atoms. The molecule has 2 rings (SSSR count). The van der Waals surface area contributed by atoms with Crippen LogP contribution in [0.3, 0.4) is 0 Å². The average Bonchev–Trinajstić information content (AvgIpc) is 3.01. The number of aliphatic carboxylic acids is 1. The van der Waals surface area contributed by atoms with E-state index in [1.165, 1.54) is 22.6 Å². The summed E-state index contributed by atoms with van der Waals surface area (Å²) in [5.74, 6) is -1.30. The second-order valence-electron chi connectivity index (χ2n) is 4.38. The molecule has 0 amide bonds. The number of rotatable bonds is 6. The lowest BCUT2D eigenvalue weighted by molar-refractivity contribution is -0.136. The van der Waals surface area contributed by atoms with Gasteiger partial charge in [-0.1, -0.05) is 6.07 Å². The van der Waals surface area contributed by atoms with Crippen molar-refractivity contribution in [2.75, 3.05) is 0 Å². The van der Waals surface area contributed by atoms with Crippen LogP contribution in [0, 0.1) is 0 Å². The van der Waals surface area contributed by atoms with E-state index in [2.05, 4.69) is 0 Å². The first-order valence-electron chi connectivity index (χ1n) is 5.69. The van der Waals surface area contributed by atoms with Crippen molar-refractivity contribution in [3.63, 3.8) is 0 Å². The van der Waals surface area contributed by atoms with Crippen molar-refractivity contribution < 1.29 is 18.3 Å². The zero-order valence-corrected chi connectivity index (χ0v) is 11.6. The summed E-state index contributed by atoms with van der Waals surface area (Å²) >= 11 is 1.48. The highest BCUT2D eigenvalue weighted by Crippen LogP contribution is 2.33. The average molecular weight is 289 g/mol. The lowest BCUT2D eigenvalue weighted by atomic mass is 10.4. The number of hydrogen-bond donors (Lipinski definition) is 1. The van der Waals surface area contributed by atoms with Gasteiger partial charge in [-0.3, -0.25) is 4.79 Å². The molecule has 0 saturated heterocycles. The van der Waals surface area contributed by atoms with Gasteiger partial charge in [-0.15, -0.1) is 11.3 Å². The molecule has 7 heteroatoms. The predicted molar refractivity (Wildman–Crippen MR) is 68.9 cm³/mol. The monoisotopic (exact) mass is 289 g/mol. The Balaban J connectivity index is 2.22. The van der Waals surface area contributed by atoms with Gasteiger partial charge in [0.25, 0.3) is 0 Å². The number of nitrogens with zero attached hydrogens (tertiary/aromatic N) is 1. The van der Waals surface area contributed by atoms with E-state index in [0.717, 1.165) is 17.7 Å². The van der Waals surface area contributed by atoms with Crippen LogP contribution in [0.5, 0.6) is 0 Å². The number of thiophene rings is 1. The fraction of sp³-hybridized carbons (Fsp3) is 0.545. The Morgan fingerprint density at radius 1 is 1.61 bits per heavy atom. The maximum Gasteiger partial charge on any atom is 0.323 e. The Bertz CT molecular complexity index is 519. The maximum absolute atomic E-state index is 12.2. The van der Waals surface area contributed by atoms with Gasteiger partial charge in [0.15, 0.2) is 5.25 Å². The van der Waals surface area contributed by atoms with Gasteiger partial charge >= 0.3 is 5.97 Å². The van der Waals surface area contributed by atoms with Crippen LogP contribution < -0.4 is 0 Å². The van der Waals surface area contributed by atoms with Crippen LogP contribution >= 0.6 is 11.3 Å². The lowest BCUT2D eigenvalue weighted by Gasteiger charge is -2.23. The molecule has 1 aromatic rings. The summed E-state index contributed by atoms with van der Waals surface area (Å²) in [6.45, 7) is 1.50. The summed E-state index contributed by atoms with van der Waals surface area (Å²) in [5, 5.41) is 9.38. The van der Waals surface area contributed by atoms with Crippen molar-refractivity contribution >= 4 is 27.3 Å². The van der Waals surface area contributed by atoms with E-state index in [0.29, 0.717) is 0 Å². The first kappa shape index (κ1) is 13.5. The summed E-state index contributed by atoms with van der Waals surface area (Å²) < 4.78 is 25.8. The number of carbonyl (C=O) groups is 1. The highest BCUT2D eigenvalue weighted by molar-refractivity contribution is 7.90. The van der Waals surface area contributed by atoms with Crippen molar-refractivity contribution in [1.29, 1.82) is 0 Å². The third kappa shape index (κ3) is 2.73. The molecule has 1 aliphatic rings. The van der Waals surface area contributed by atoms with Crippen LogP contribution in [0.2, 0.25) is 0 Å². The summed E-state index contributed by atoms with van der Waals surface area (Å²) in [5.41, 5.74) is 0. The normalized spacial score (nSPS) is 17.9. The van der Waals surface area contributed by atoms with Crippen LogP contribution in [0.25, 0.3) is 0 Å². The molecule has 1 saturated carbocycles. The lowest BCUT2D eigenvalue weighted by Crippen LogP contribution is -2.41. The van der Waals surface area contributed by atoms with Gasteiger partial charge < -0.3 is 5.11 Å². The zero-order chi connectivity index (χ0) is 13.3. The van der Waals surface area contributed by atoms with Crippen LogP contribution in [0.4, 0.5) is 0 Å². The summed E-state index contributed by atoms with van der Waals surface area (Å²) in [4.78, 5) is 11.8. The smallest absolute Gasteiger partial charge is 0.323 e. The van der Waals surface area contributed by atoms with E-state index in [4.69, 9.17) is 5.11 Å². The van der Waals surface area contributed by atoms with Crippen molar-refractivity contribution in [3.05, 3.63) is 22.4 Å². The summed E-state index contributed by atoms with van der Waals surface area (Å²) in [7, 11) is -3.77. The van der Waals surface area contributed by atoms with Crippen LogP contribution in [-0.2, 0) is 21.4 Å². The molecule has 0 radical (unpaired) electrons. The Hall–Kier alpha value is -0.920. The Morgan fingerprint density at radius 3 is 2.72 bits per heavy atom. The second-order valence-corrected chi connectivity index (χ2v) is 7.62. The van der Waals surface area contributed by atoms with E-state index < -0.39 is 21.2 Å². The molecule has 1 aliphatic carbocycles. The highest BCUT2D eigenvalue weighted by atomic mass is 32.2. The predicted octanol–water partition coefficient (Wildman–Crippen LogP) is 1.52. The van der Waals surface area contributed by atoms with Gasteiger partial charge in [0, 0.05) is 17.5 Å². The first-order chi connectivity index (χ1) is 8.43. The molecule has 5 nitrogen and oxygen atoms in total. The molecule has 1 aromatic heterocycles. The van der Waals surface area contributed by atoms with Crippen LogP contribution in [0.1, 0.15) is 24.6 Å². The number of carboxylic acid groups (broad SMARTS) is 1. The minimum atomic E-state index is -3.77. The minimum absolute atomic E-state index is 0.0288. The third-order valence-corrected chi connectivity index (χ3v) is 6.00. The van der Waals surface area contributed by atoms with Crippen molar-refractivity contribution in [1.82, 2.24) is 4.31 Å². The molecule has 0 bridgehead atoms. The molecule has 1 N–H and O–H groups in total. The van der Waals surface area contributed by atoms with Gasteiger partial charge in [-0.25, -0.2) is 8.42 Å².